The third-order valence-corrected chi connectivity index (χ3v) is 6.64. The van der Waals surface area contributed by atoms with Gasteiger partial charge in [0, 0.05) is 36.9 Å². The molecule has 0 spiro atoms. The van der Waals surface area contributed by atoms with Gasteiger partial charge in [-0.1, -0.05) is 24.3 Å². The molecule has 0 aliphatic carbocycles. The van der Waals surface area contributed by atoms with Gasteiger partial charge in [0.25, 0.3) is 0 Å². The molecule has 1 amide bonds. The molecule has 10 nitrogen and oxygen atoms in total. The molecule has 0 saturated carbocycles. The smallest absolute Gasteiger partial charge is 0.245 e. The van der Waals surface area contributed by atoms with Crippen molar-refractivity contribution < 1.29 is 14.6 Å². The molecule has 34 heavy (non-hydrogen) atoms. The number of nitrogens with two attached hydrogens (primary N) is 1. The van der Waals surface area contributed by atoms with Gasteiger partial charge in [0.2, 0.25) is 11.9 Å². The summed E-state index contributed by atoms with van der Waals surface area (Å²) in [6, 6.07) is 10.0. The molecule has 1 aliphatic heterocycles. The van der Waals surface area contributed by atoms with E-state index >= 15 is 0 Å². The van der Waals surface area contributed by atoms with E-state index in [1.54, 1.807) is 23.7 Å². The van der Waals surface area contributed by atoms with Crippen molar-refractivity contribution in [3.63, 3.8) is 0 Å². The maximum Gasteiger partial charge on any atom is 0.245 e. The average molecular weight is 478 g/mol. The first-order valence-electron chi connectivity index (χ1n) is 10.8. The monoisotopic (exact) mass is 477 g/mol. The second-order valence-electron chi connectivity index (χ2n) is 7.76. The number of carbonyl (C=O) groups excluding carboxylic acids is 1. The summed E-state index contributed by atoms with van der Waals surface area (Å²) in [5, 5.41) is 11.5. The first-order chi connectivity index (χ1) is 16.6. The quantitative estimate of drug-likeness (QED) is 0.379. The van der Waals surface area contributed by atoms with Crippen LogP contribution in [0.5, 0.6) is 0 Å². The highest BCUT2D eigenvalue weighted by atomic mass is 32.1. The number of carbonyl (C=O) groups is 1. The van der Waals surface area contributed by atoms with Gasteiger partial charge in [0.15, 0.2) is 11.6 Å². The molecule has 174 valence electrons. The molecule has 1 aliphatic rings. The van der Waals surface area contributed by atoms with E-state index in [4.69, 9.17) is 25.5 Å². The number of rotatable bonds is 6. The van der Waals surface area contributed by atoms with Crippen LogP contribution in [0.1, 0.15) is 5.56 Å². The highest BCUT2D eigenvalue weighted by Crippen LogP contribution is 2.38. The van der Waals surface area contributed by atoms with Crippen LogP contribution in [0.2, 0.25) is 0 Å². The molecule has 1 saturated heterocycles. The lowest BCUT2D eigenvalue weighted by molar-refractivity contribution is -0.123. The molecular formula is C23H23N7O3S. The molecule has 4 aromatic rings. The largest absolute Gasteiger partial charge is 0.387 e. The molecule has 0 radical (unpaired) electrons. The van der Waals surface area contributed by atoms with Crippen molar-refractivity contribution in [2.24, 2.45) is 0 Å². The Balaban J connectivity index is 1.52. The minimum absolute atomic E-state index is 0.204. The Hall–Kier alpha value is -3.67. The van der Waals surface area contributed by atoms with Crippen LogP contribution in [-0.2, 0) is 16.1 Å². The molecule has 5 rings (SSSR count). The van der Waals surface area contributed by atoms with Crippen LogP contribution in [-0.4, -0.2) is 63.9 Å². The fraction of sp³-hybridized carbons (Fsp3) is 0.261. The number of anilines is 2. The highest BCUT2D eigenvalue weighted by Gasteiger charge is 2.21. The van der Waals surface area contributed by atoms with Gasteiger partial charge in [-0.2, -0.15) is 0 Å². The number of nitrogens with zero attached hydrogens (tertiary/aromatic N) is 5. The topological polar surface area (TPSA) is 139 Å². The summed E-state index contributed by atoms with van der Waals surface area (Å²) < 4.78 is 6.54. The molecule has 1 aromatic carbocycles. The second kappa shape index (κ2) is 9.67. The van der Waals surface area contributed by atoms with Crippen LogP contribution in [0.25, 0.3) is 32.0 Å². The predicted octanol–water partition coefficient (Wildman–Crippen LogP) is 1.84. The number of aliphatic hydroxyl groups excluding tert-OH is 1. The van der Waals surface area contributed by atoms with Gasteiger partial charge in [0.05, 0.1) is 29.0 Å². The van der Waals surface area contributed by atoms with Gasteiger partial charge < -0.3 is 25.8 Å². The molecule has 4 N–H and O–H groups in total. The number of nitrogen functional groups attached to an aromatic ring is 1. The minimum Gasteiger partial charge on any atom is -0.387 e. The number of aromatic nitrogens is 4. The van der Waals surface area contributed by atoms with Gasteiger partial charge >= 0.3 is 0 Å². The van der Waals surface area contributed by atoms with Crippen LogP contribution in [0, 0.1) is 0 Å². The first kappa shape index (κ1) is 22.1. The second-order valence-corrected chi connectivity index (χ2v) is 8.81. The van der Waals surface area contributed by atoms with Gasteiger partial charge in [-0.3, -0.25) is 4.79 Å². The Morgan fingerprint density at radius 1 is 1.12 bits per heavy atom. The molecule has 11 heteroatoms. The number of amides is 1. The van der Waals surface area contributed by atoms with E-state index in [2.05, 4.69) is 26.3 Å². The Labute approximate surface area is 199 Å². The average Bonchev–Trinajstić information content (AvgIpc) is 3.32. The number of fused-ring (bicyclic) bond motifs is 1. The van der Waals surface area contributed by atoms with E-state index in [-0.39, 0.29) is 5.95 Å². The molecular weight excluding hydrogens is 454 g/mol. The summed E-state index contributed by atoms with van der Waals surface area (Å²) in [5.74, 6) is 1.23. The Kier molecular flexibility index (Phi) is 6.30. The predicted molar refractivity (Wildman–Crippen MR) is 130 cm³/mol. The molecule has 0 unspecified atom stereocenters. The fourth-order valence-corrected chi connectivity index (χ4v) is 4.79. The van der Waals surface area contributed by atoms with Crippen molar-refractivity contribution in [1.29, 1.82) is 0 Å². The summed E-state index contributed by atoms with van der Waals surface area (Å²) in [7, 11) is 0. The van der Waals surface area contributed by atoms with Crippen molar-refractivity contribution in [3.8, 4) is 21.8 Å². The Morgan fingerprint density at radius 3 is 2.56 bits per heavy atom. The van der Waals surface area contributed by atoms with E-state index in [9.17, 15) is 4.79 Å². The first-order valence-corrected chi connectivity index (χ1v) is 11.6. The fourth-order valence-electron chi connectivity index (χ4n) is 3.67. The van der Waals surface area contributed by atoms with Crippen molar-refractivity contribution >= 4 is 39.2 Å². The Bertz CT molecular complexity index is 1300. The summed E-state index contributed by atoms with van der Waals surface area (Å²) in [5.41, 5.74) is 9.19. The zero-order valence-corrected chi connectivity index (χ0v) is 19.1. The van der Waals surface area contributed by atoms with Gasteiger partial charge in [-0.05, 0) is 17.2 Å². The molecule has 4 heterocycles. The third kappa shape index (κ3) is 4.67. The number of aliphatic hydroxyl groups is 1. The minimum atomic E-state index is -0.517. The van der Waals surface area contributed by atoms with Crippen molar-refractivity contribution in [2.45, 2.75) is 6.54 Å². The lowest BCUT2D eigenvalue weighted by atomic mass is 10.1. The Morgan fingerprint density at radius 2 is 1.85 bits per heavy atom. The maximum absolute atomic E-state index is 11.3. The van der Waals surface area contributed by atoms with Crippen LogP contribution in [0.15, 0.2) is 42.7 Å². The zero-order chi connectivity index (χ0) is 23.5. The molecule has 3 aromatic heterocycles. The number of nitrogens with one attached hydrogen (secondary N) is 1. The number of thiophene rings is 1. The van der Waals surface area contributed by atoms with Crippen LogP contribution in [0.4, 0.5) is 11.8 Å². The van der Waals surface area contributed by atoms with Crippen molar-refractivity contribution in [3.05, 3.63) is 48.3 Å². The van der Waals surface area contributed by atoms with Crippen molar-refractivity contribution in [2.75, 3.05) is 43.5 Å². The van der Waals surface area contributed by atoms with E-state index in [0.29, 0.717) is 31.1 Å². The highest BCUT2D eigenvalue weighted by molar-refractivity contribution is 7.22. The summed E-state index contributed by atoms with van der Waals surface area (Å²) in [6.07, 6.45) is 3.27. The maximum atomic E-state index is 11.3. The number of hydrogen-bond acceptors (Lipinski definition) is 10. The molecule has 0 bridgehead atoms. The normalized spacial score (nSPS) is 13.9. The van der Waals surface area contributed by atoms with Gasteiger partial charge in [0.1, 0.15) is 6.61 Å². The number of hydrogen-bond donors (Lipinski definition) is 3. The van der Waals surface area contributed by atoms with Crippen LogP contribution < -0.4 is 16.0 Å². The van der Waals surface area contributed by atoms with E-state index < -0.39 is 12.5 Å². The lowest BCUT2D eigenvalue weighted by Gasteiger charge is -2.28. The van der Waals surface area contributed by atoms with E-state index in [1.165, 1.54) is 0 Å². The molecule has 1 fully saturated rings. The van der Waals surface area contributed by atoms with Crippen LogP contribution >= 0.6 is 11.3 Å². The standard InChI is InChI=1S/C23H23N7O3S/c24-23-26-11-16(12-27-23)21-28-17-9-18(15-3-1-14(2-4-15)10-25-19(32)13-31)34-20(17)22(29-21)30-5-7-33-8-6-30/h1-4,9,11-12,31H,5-8,10,13H2,(H,25,32)(H2,24,26,27). The van der Waals surface area contributed by atoms with Gasteiger partial charge in [-0.15, -0.1) is 11.3 Å². The third-order valence-electron chi connectivity index (χ3n) is 5.47. The van der Waals surface area contributed by atoms with E-state index in [0.717, 1.165) is 45.1 Å². The SMILES string of the molecule is Nc1ncc(-c2nc(N3CCOCC3)c3sc(-c4ccc(CNC(=O)CO)cc4)cc3n2)cn1. The number of morpholine rings is 1. The van der Waals surface area contributed by atoms with Crippen LogP contribution in [0.3, 0.4) is 0 Å². The lowest BCUT2D eigenvalue weighted by Crippen LogP contribution is -2.36. The number of ether oxygens (including phenoxy) is 1. The summed E-state index contributed by atoms with van der Waals surface area (Å²) >= 11 is 1.64. The summed E-state index contributed by atoms with van der Waals surface area (Å²) in [6.45, 7) is 2.66. The zero-order valence-electron chi connectivity index (χ0n) is 18.3. The van der Waals surface area contributed by atoms with E-state index in [1.807, 2.05) is 24.3 Å². The van der Waals surface area contributed by atoms with Crippen molar-refractivity contribution in [1.82, 2.24) is 25.3 Å². The molecule has 0 atom stereocenters. The number of benzene rings is 1. The summed E-state index contributed by atoms with van der Waals surface area (Å²) in [4.78, 5) is 32.4. The van der Waals surface area contributed by atoms with Gasteiger partial charge in [-0.25, -0.2) is 19.9 Å².